The molecule has 4 rings (SSSR count). The molecule has 0 aliphatic carbocycles. The van der Waals surface area contributed by atoms with E-state index < -0.39 is 12.1 Å². The SMILES string of the molecule is NC[C@H]1CC[C@@H](C(=O)N2CCCCC2C(=O)Nc2ccc3c(c2)CCO3)O1. The fourth-order valence-electron chi connectivity index (χ4n) is 4.20. The maximum Gasteiger partial charge on any atom is 0.252 e. The molecular formula is C20H27N3O4. The molecule has 3 heterocycles. The highest BCUT2D eigenvalue weighted by Crippen LogP contribution is 2.29. The van der Waals surface area contributed by atoms with Gasteiger partial charge >= 0.3 is 0 Å². The molecule has 7 heteroatoms. The van der Waals surface area contributed by atoms with Crippen LogP contribution >= 0.6 is 0 Å². The Labute approximate surface area is 159 Å². The smallest absolute Gasteiger partial charge is 0.252 e. The van der Waals surface area contributed by atoms with Crippen LogP contribution in [0.2, 0.25) is 0 Å². The second-order valence-electron chi connectivity index (χ2n) is 7.51. The number of likely N-dealkylation sites (tertiary alicyclic amines) is 1. The van der Waals surface area contributed by atoms with Crippen LogP contribution in [0.25, 0.3) is 0 Å². The molecule has 2 saturated heterocycles. The van der Waals surface area contributed by atoms with E-state index in [9.17, 15) is 9.59 Å². The number of nitrogens with zero attached hydrogens (tertiary/aromatic N) is 1. The highest BCUT2D eigenvalue weighted by molar-refractivity contribution is 5.98. The van der Waals surface area contributed by atoms with E-state index in [1.165, 1.54) is 0 Å². The van der Waals surface area contributed by atoms with E-state index in [4.69, 9.17) is 15.2 Å². The molecule has 3 aliphatic heterocycles. The number of nitrogens with one attached hydrogen (secondary N) is 1. The average Bonchev–Trinajstić information content (AvgIpc) is 3.36. The van der Waals surface area contributed by atoms with Crippen molar-refractivity contribution in [2.45, 2.75) is 56.8 Å². The van der Waals surface area contributed by atoms with E-state index in [2.05, 4.69) is 5.32 Å². The predicted octanol–water partition coefficient (Wildman–Crippen LogP) is 1.45. The number of ether oxygens (including phenoxy) is 2. The van der Waals surface area contributed by atoms with Crippen LogP contribution in [0.3, 0.4) is 0 Å². The molecule has 1 unspecified atom stereocenters. The van der Waals surface area contributed by atoms with Gasteiger partial charge in [-0.25, -0.2) is 0 Å². The standard InChI is InChI=1S/C20H27N3O4/c21-12-15-5-7-18(27-15)20(25)23-9-2-1-3-16(23)19(24)22-14-4-6-17-13(11-14)8-10-26-17/h4,6,11,15-16,18H,1-3,5,7-10,12,21H2,(H,22,24)/t15-,16?,18+/m1/s1. The number of hydrogen-bond acceptors (Lipinski definition) is 5. The van der Waals surface area contributed by atoms with Gasteiger partial charge in [0, 0.05) is 25.2 Å². The summed E-state index contributed by atoms with van der Waals surface area (Å²) in [6.45, 7) is 1.71. The summed E-state index contributed by atoms with van der Waals surface area (Å²) >= 11 is 0. The van der Waals surface area contributed by atoms with Crippen LogP contribution in [0.5, 0.6) is 5.75 Å². The van der Waals surface area contributed by atoms with Crippen LogP contribution in [0.4, 0.5) is 5.69 Å². The van der Waals surface area contributed by atoms with Crippen LogP contribution < -0.4 is 15.8 Å². The van der Waals surface area contributed by atoms with Crippen LogP contribution in [-0.4, -0.2) is 54.7 Å². The minimum absolute atomic E-state index is 0.0513. The van der Waals surface area contributed by atoms with Crippen molar-refractivity contribution in [1.29, 1.82) is 0 Å². The maximum atomic E-state index is 12.9. The molecule has 3 N–H and O–H groups in total. The van der Waals surface area contributed by atoms with Crippen molar-refractivity contribution in [3.05, 3.63) is 23.8 Å². The van der Waals surface area contributed by atoms with Crippen molar-refractivity contribution in [1.82, 2.24) is 4.90 Å². The third-order valence-corrected chi connectivity index (χ3v) is 5.69. The number of hydrogen-bond donors (Lipinski definition) is 2. The lowest BCUT2D eigenvalue weighted by Crippen LogP contribution is -2.53. The normalized spacial score (nSPS) is 27.1. The van der Waals surface area contributed by atoms with Gasteiger partial charge in [-0.3, -0.25) is 9.59 Å². The van der Waals surface area contributed by atoms with Crippen molar-refractivity contribution in [3.8, 4) is 5.75 Å². The summed E-state index contributed by atoms with van der Waals surface area (Å²) in [6.07, 6.45) is 4.35. The lowest BCUT2D eigenvalue weighted by Gasteiger charge is -2.36. The molecule has 3 aliphatic rings. The van der Waals surface area contributed by atoms with Crippen molar-refractivity contribution < 1.29 is 19.1 Å². The Morgan fingerprint density at radius 2 is 2.11 bits per heavy atom. The molecule has 0 radical (unpaired) electrons. The molecule has 7 nitrogen and oxygen atoms in total. The summed E-state index contributed by atoms with van der Waals surface area (Å²) in [5.74, 6) is 0.679. The van der Waals surface area contributed by atoms with Crippen molar-refractivity contribution in [2.75, 3.05) is 25.0 Å². The molecular weight excluding hydrogens is 346 g/mol. The predicted molar refractivity (Wildman–Crippen MR) is 101 cm³/mol. The van der Waals surface area contributed by atoms with E-state index in [0.29, 0.717) is 32.5 Å². The lowest BCUT2D eigenvalue weighted by atomic mass is 9.99. The summed E-state index contributed by atoms with van der Waals surface area (Å²) in [5.41, 5.74) is 7.51. The molecule has 1 aromatic carbocycles. The first-order valence-electron chi connectivity index (χ1n) is 9.88. The average molecular weight is 373 g/mol. The van der Waals surface area contributed by atoms with E-state index in [-0.39, 0.29) is 17.9 Å². The zero-order valence-electron chi connectivity index (χ0n) is 15.5. The summed E-state index contributed by atoms with van der Waals surface area (Å²) in [4.78, 5) is 27.6. The largest absolute Gasteiger partial charge is 0.493 e. The number of fused-ring (bicyclic) bond motifs is 1. The van der Waals surface area contributed by atoms with Crippen molar-refractivity contribution in [3.63, 3.8) is 0 Å². The van der Waals surface area contributed by atoms with Crippen LogP contribution in [0.15, 0.2) is 18.2 Å². The fourth-order valence-corrected chi connectivity index (χ4v) is 4.20. The van der Waals surface area contributed by atoms with Gasteiger partial charge in [0.1, 0.15) is 17.9 Å². The Balaban J connectivity index is 1.43. The second-order valence-corrected chi connectivity index (χ2v) is 7.51. The summed E-state index contributed by atoms with van der Waals surface area (Å²) in [7, 11) is 0. The topological polar surface area (TPSA) is 93.9 Å². The summed E-state index contributed by atoms with van der Waals surface area (Å²) < 4.78 is 11.3. The summed E-state index contributed by atoms with van der Waals surface area (Å²) in [6, 6.07) is 5.25. The third-order valence-electron chi connectivity index (χ3n) is 5.69. The number of rotatable bonds is 4. The summed E-state index contributed by atoms with van der Waals surface area (Å²) in [5, 5.41) is 2.99. The zero-order valence-corrected chi connectivity index (χ0v) is 15.5. The Morgan fingerprint density at radius 1 is 1.22 bits per heavy atom. The Bertz CT molecular complexity index is 723. The number of carbonyl (C=O) groups excluding carboxylic acids is 2. The van der Waals surface area contributed by atoms with Crippen LogP contribution in [0, 0.1) is 0 Å². The Kier molecular flexibility index (Phi) is 5.31. The van der Waals surface area contributed by atoms with Crippen LogP contribution in [-0.2, 0) is 20.7 Å². The molecule has 3 atom stereocenters. The molecule has 1 aromatic rings. The van der Waals surface area contributed by atoms with E-state index in [1.54, 1.807) is 4.90 Å². The minimum atomic E-state index is -0.468. The fraction of sp³-hybridized carbons (Fsp3) is 0.600. The Morgan fingerprint density at radius 3 is 2.93 bits per heavy atom. The van der Waals surface area contributed by atoms with Gasteiger partial charge in [-0.2, -0.15) is 0 Å². The molecule has 0 spiro atoms. The van der Waals surface area contributed by atoms with Gasteiger partial charge in [0.05, 0.1) is 12.7 Å². The van der Waals surface area contributed by atoms with Gasteiger partial charge < -0.3 is 25.4 Å². The highest BCUT2D eigenvalue weighted by Gasteiger charge is 2.39. The van der Waals surface area contributed by atoms with Gasteiger partial charge in [0.25, 0.3) is 5.91 Å². The molecule has 0 bridgehead atoms. The van der Waals surface area contributed by atoms with Gasteiger partial charge in [-0.1, -0.05) is 0 Å². The number of anilines is 1. The molecule has 0 aromatic heterocycles. The Hall–Kier alpha value is -2.12. The molecule has 0 saturated carbocycles. The van der Waals surface area contributed by atoms with Crippen molar-refractivity contribution >= 4 is 17.5 Å². The first-order valence-corrected chi connectivity index (χ1v) is 9.88. The minimum Gasteiger partial charge on any atom is -0.493 e. The first-order chi connectivity index (χ1) is 13.2. The van der Waals surface area contributed by atoms with Gasteiger partial charge in [0.2, 0.25) is 5.91 Å². The van der Waals surface area contributed by atoms with Gasteiger partial charge in [-0.05, 0) is 55.9 Å². The van der Waals surface area contributed by atoms with Gasteiger partial charge in [-0.15, -0.1) is 0 Å². The van der Waals surface area contributed by atoms with E-state index in [1.807, 2.05) is 18.2 Å². The van der Waals surface area contributed by atoms with Crippen LogP contribution in [0.1, 0.15) is 37.7 Å². The number of carbonyl (C=O) groups is 2. The quantitative estimate of drug-likeness (QED) is 0.833. The molecule has 146 valence electrons. The van der Waals surface area contributed by atoms with E-state index in [0.717, 1.165) is 42.7 Å². The zero-order chi connectivity index (χ0) is 18.8. The van der Waals surface area contributed by atoms with E-state index >= 15 is 0 Å². The molecule has 27 heavy (non-hydrogen) atoms. The lowest BCUT2D eigenvalue weighted by molar-refractivity contribution is -0.149. The molecule has 2 amide bonds. The number of amides is 2. The highest BCUT2D eigenvalue weighted by atomic mass is 16.5. The number of piperidine rings is 1. The monoisotopic (exact) mass is 373 g/mol. The van der Waals surface area contributed by atoms with Gasteiger partial charge in [0.15, 0.2) is 0 Å². The third kappa shape index (κ3) is 3.80. The first kappa shape index (κ1) is 18.3. The number of nitrogens with two attached hydrogens (primary N) is 1. The molecule has 2 fully saturated rings. The maximum absolute atomic E-state index is 12.9. The number of benzene rings is 1. The van der Waals surface area contributed by atoms with Crippen molar-refractivity contribution in [2.24, 2.45) is 5.73 Å². The second kappa shape index (κ2) is 7.86.